The van der Waals surface area contributed by atoms with Crippen LogP contribution in [0.3, 0.4) is 0 Å². The Balaban J connectivity index is 2.15. The molecule has 0 fully saturated rings. The molecule has 0 aliphatic carbocycles. The predicted molar refractivity (Wildman–Crippen MR) is 81.4 cm³/mol. The molecule has 21 heavy (non-hydrogen) atoms. The van der Waals surface area contributed by atoms with Crippen LogP contribution in [0.2, 0.25) is 0 Å². The third kappa shape index (κ3) is 3.88. The fourth-order valence-electron chi connectivity index (χ4n) is 1.53. The Bertz CT molecular complexity index is 665. The molecular weight excluding hydrogens is 365 g/mol. The minimum atomic E-state index is -0.617. The van der Waals surface area contributed by atoms with Gasteiger partial charge in [-0.25, -0.2) is 9.37 Å². The smallest absolute Gasteiger partial charge is 0.312 e. The Hall–Kier alpha value is -1.74. The van der Waals surface area contributed by atoms with Crippen molar-refractivity contribution in [3.63, 3.8) is 0 Å². The number of anilines is 1. The summed E-state index contributed by atoms with van der Waals surface area (Å²) in [5, 5.41) is 14.7. The number of nitro benzene ring substituents is 1. The zero-order chi connectivity index (χ0) is 15.4. The van der Waals surface area contributed by atoms with E-state index >= 15 is 0 Å². The standard InChI is InChI=1S/C12H11BrFN3O3S/c1-2-15-12-16-5-7(21-12)6-20-11-4-9(14)8(13)3-10(11)17(18)19/h3-5H,2,6H2,1H3,(H,15,16). The van der Waals surface area contributed by atoms with Crippen molar-refractivity contribution in [1.82, 2.24) is 4.98 Å². The second kappa shape index (κ2) is 6.81. The monoisotopic (exact) mass is 375 g/mol. The molecule has 0 saturated heterocycles. The van der Waals surface area contributed by atoms with Crippen molar-refractivity contribution >= 4 is 38.1 Å². The molecule has 0 atom stereocenters. The van der Waals surface area contributed by atoms with E-state index in [0.29, 0.717) is 0 Å². The first-order chi connectivity index (χ1) is 10.0. The third-order valence-corrected chi connectivity index (χ3v) is 3.99. The fourth-order valence-corrected chi connectivity index (χ4v) is 2.66. The molecule has 0 unspecified atom stereocenters. The lowest BCUT2D eigenvalue weighted by molar-refractivity contribution is -0.386. The van der Waals surface area contributed by atoms with Crippen LogP contribution in [-0.4, -0.2) is 16.5 Å². The minimum Gasteiger partial charge on any atom is -0.481 e. The molecule has 0 spiro atoms. The first-order valence-corrected chi connectivity index (χ1v) is 7.57. The Labute approximate surface area is 132 Å². The number of aromatic nitrogens is 1. The summed E-state index contributed by atoms with van der Waals surface area (Å²) in [6.07, 6.45) is 1.61. The molecule has 2 rings (SSSR count). The number of ether oxygens (including phenoxy) is 1. The van der Waals surface area contributed by atoms with E-state index < -0.39 is 10.7 Å². The number of thiazole rings is 1. The van der Waals surface area contributed by atoms with Crippen molar-refractivity contribution < 1.29 is 14.1 Å². The zero-order valence-electron chi connectivity index (χ0n) is 10.9. The Morgan fingerprint density at radius 2 is 2.33 bits per heavy atom. The van der Waals surface area contributed by atoms with Crippen LogP contribution in [0.5, 0.6) is 5.75 Å². The summed E-state index contributed by atoms with van der Waals surface area (Å²) < 4.78 is 18.9. The number of hydrogen-bond acceptors (Lipinski definition) is 6. The minimum absolute atomic E-state index is 0.0220. The molecule has 0 radical (unpaired) electrons. The van der Waals surface area contributed by atoms with E-state index in [2.05, 4.69) is 26.2 Å². The van der Waals surface area contributed by atoms with Gasteiger partial charge >= 0.3 is 5.69 Å². The largest absolute Gasteiger partial charge is 0.481 e. The fraction of sp³-hybridized carbons (Fsp3) is 0.250. The van der Waals surface area contributed by atoms with Gasteiger partial charge in [-0.05, 0) is 22.9 Å². The predicted octanol–water partition coefficient (Wildman–Crippen LogP) is 3.96. The van der Waals surface area contributed by atoms with Crippen LogP contribution in [0.25, 0.3) is 0 Å². The van der Waals surface area contributed by atoms with E-state index in [0.717, 1.165) is 28.7 Å². The molecule has 112 valence electrons. The molecule has 2 aromatic rings. The number of rotatable bonds is 6. The number of benzene rings is 1. The van der Waals surface area contributed by atoms with Gasteiger partial charge in [0.05, 0.1) is 14.3 Å². The summed E-state index contributed by atoms with van der Waals surface area (Å²) >= 11 is 4.29. The lowest BCUT2D eigenvalue weighted by atomic mass is 10.3. The number of nitrogens with zero attached hydrogens (tertiary/aromatic N) is 2. The highest BCUT2D eigenvalue weighted by atomic mass is 79.9. The topological polar surface area (TPSA) is 77.3 Å². The second-order valence-corrected chi connectivity index (χ2v) is 5.91. The SMILES string of the molecule is CCNc1ncc(COc2cc(F)c(Br)cc2[N+](=O)[O-])s1. The molecular formula is C12H11BrFN3O3S. The third-order valence-electron chi connectivity index (χ3n) is 2.45. The van der Waals surface area contributed by atoms with E-state index in [4.69, 9.17) is 4.74 Å². The van der Waals surface area contributed by atoms with E-state index in [1.54, 1.807) is 6.20 Å². The summed E-state index contributed by atoms with van der Waals surface area (Å²) in [6, 6.07) is 2.08. The molecule has 0 aliphatic heterocycles. The van der Waals surface area contributed by atoms with Crippen LogP contribution in [0.15, 0.2) is 22.8 Å². The number of hydrogen-bond donors (Lipinski definition) is 1. The normalized spacial score (nSPS) is 10.4. The van der Waals surface area contributed by atoms with Gasteiger partial charge in [0.1, 0.15) is 12.4 Å². The maximum atomic E-state index is 13.5. The maximum absolute atomic E-state index is 13.5. The summed E-state index contributed by atoms with van der Waals surface area (Å²) in [4.78, 5) is 15.2. The van der Waals surface area contributed by atoms with Crippen LogP contribution in [0.4, 0.5) is 15.2 Å². The van der Waals surface area contributed by atoms with Crippen molar-refractivity contribution in [2.24, 2.45) is 0 Å². The summed E-state index contributed by atoms with van der Waals surface area (Å²) in [7, 11) is 0. The molecule has 0 aliphatic rings. The van der Waals surface area contributed by atoms with Gasteiger partial charge in [-0.1, -0.05) is 11.3 Å². The van der Waals surface area contributed by atoms with E-state index in [1.807, 2.05) is 6.92 Å². The molecule has 0 bridgehead atoms. The Kier molecular flexibility index (Phi) is 5.07. The molecule has 6 nitrogen and oxygen atoms in total. The Morgan fingerprint density at radius 1 is 1.57 bits per heavy atom. The average molecular weight is 376 g/mol. The Morgan fingerprint density at radius 3 is 3.00 bits per heavy atom. The van der Waals surface area contributed by atoms with Crippen molar-refractivity contribution in [3.8, 4) is 5.75 Å². The van der Waals surface area contributed by atoms with Crippen molar-refractivity contribution in [1.29, 1.82) is 0 Å². The highest BCUT2D eigenvalue weighted by Crippen LogP contribution is 2.33. The van der Waals surface area contributed by atoms with E-state index in [-0.39, 0.29) is 22.5 Å². The molecule has 1 N–H and O–H groups in total. The lowest BCUT2D eigenvalue weighted by Gasteiger charge is -2.06. The van der Waals surface area contributed by atoms with Crippen LogP contribution >= 0.6 is 27.3 Å². The van der Waals surface area contributed by atoms with Gasteiger partial charge in [0, 0.05) is 24.9 Å². The summed E-state index contributed by atoms with van der Waals surface area (Å²) in [5.74, 6) is -0.729. The number of nitrogens with one attached hydrogen (secondary N) is 1. The van der Waals surface area contributed by atoms with Crippen LogP contribution in [0.1, 0.15) is 11.8 Å². The van der Waals surface area contributed by atoms with E-state index in [1.165, 1.54) is 11.3 Å². The van der Waals surface area contributed by atoms with Gasteiger partial charge < -0.3 is 10.1 Å². The lowest BCUT2D eigenvalue weighted by Crippen LogP contribution is -1.99. The van der Waals surface area contributed by atoms with Gasteiger partial charge in [0.25, 0.3) is 0 Å². The average Bonchev–Trinajstić information content (AvgIpc) is 2.87. The molecule has 1 heterocycles. The van der Waals surface area contributed by atoms with Crippen molar-refractivity contribution in [3.05, 3.63) is 43.6 Å². The second-order valence-electron chi connectivity index (χ2n) is 3.94. The summed E-state index contributed by atoms with van der Waals surface area (Å²) in [6.45, 7) is 2.79. The van der Waals surface area contributed by atoms with Gasteiger partial charge in [0.2, 0.25) is 0 Å². The van der Waals surface area contributed by atoms with Gasteiger partial charge in [-0.3, -0.25) is 10.1 Å². The van der Waals surface area contributed by atoms with Gasteiger partial charge in [0.15, 0.2) is 10.9 Å². The highest BCUT2D eigenvalue weighted by molar-refractivity contribution is 9.10. The molecule has 0 saturated carbocycles. The van der Waals surface area contributed by atoms with Crippen LogP contribution in [-0.2, 0) is 6.61 Å². The number of halogens is 2. The highest BCUT2D eigenvalue weighted by Gasteiger charge is 2.19. The molecule has 1 aromatic carbocycles. The van der Waals surface area contributed by atoms with E-state index in [9.17, 15) is 14.5 Å². The van der Waals surface area contributed by atoms with Gasteiger partial charge in [-0.15, -0.1) is 0 Å². The summed E-state index contributed by atoms with van der Waals surface area (Å²) in [5.41, 5.74) is -0.292. The van der Waals surface area contributed by atoms with Gasteiger partial charge in [-0.2, -0.15) is 0 Å². The van der Waals surface area contributed by atoms with Crippen LogP contribution in [0, 0.1) is 15.9 Å². The first-order valence-electron chi connectivity index (χ1n) is 5.96. The van der Waals surface area contributed by atoms with Crippen molar-refractivity contribution in [2.45, 2.75) is 13.5 Å². The van der Waals surface area contributed by atoms with Crippen molar-refractivity contribution in [2.75, 3.05) is 11.9 Å². The van der Waals surface area contributed by atoms with Crippen LogP contribution < -0.4 is 10.1 Å². The molecule has 0 amide bonds. The molecule has 1 aromatic heterocycles. The number of nitro groups is 1. The molecule has 9 heteroatoms. The maximum Gasteiger partial charge on any atom is 0.312 e. The zero-order valence-corrected chi connectivity index (χ0v) is 13.3. The first kappa shape index (κ1) is 15.6. The quantitative estimate of drug-likeness (QED) is 0.610.